The number of amides is 1. The fraction of sp³-hybridized carbons (Fsp3) is 0.944. The van der Waals surface area contributed by atoms with E-state index in [2.05, 4.69) is 9.80 Å². The maximum absolute atomic E-state index is 12.6. The summed E-state index contributed by atoms with van der Waals surface area (Å²) in [6, 6.07) is 0.805. The molecule has 1 aliphatic heterocycles. The van der Waals surface area contributed by atoms with Crippen LogP contribution in [0.1, 0.15) is 70.6 Å². The molecule has 2 saturated carbocycles. The molecule has 3 aliphatic rings. The number of rotatable bonds is 2. The quantitative estimate of drug-likeness (QED) is 0.728. The summed E-state index contributed by atoms with van der Waals surface area (Å²) in [5, 5.41) is 0. The number of carbonyl (C=O) groups is 1. The molecule has 3 heteroatoms. The van der Waals surface area contributed by atoms with Crippen molar-refractivity contribution in [3.63, 3.8) is 0 Å². The van der Waals surface area contributed by atoms with Crippen molar-refractivity contribution in [2.75, 3.05) is 26.2 Å². The number of hydrogen-bond acceptors (Lipinski definition) is 2. The van der Waals surface area contributed by atoms with Crippen LogP contribution >= 0.6 is 0 Å². The Balaban J connectivity index is 1.46. The molecule has 0 radical (unpaired) electrons. The highest BCUT2D eigenvalue weighted by atomic mass is 16.2. The van der Waals surface area contributed by atoms with Crippen LogP contribution in [0.2, 0.25) is 0 Å². The molecule has 1 amide bonds. The molecule has 3 nitrogen and oxygen atoms in total. The van der Waals surface area contributed by atoms with E-state index in [1.165, 1.54) is 57.8 Å². The van der Waals surface area contributed by atoms with Crippen molar-refractivity contribution >= 4 is 5.91 Å². The van der Waals surface area contributed by atoms with E-state index in [1.54, 1.807) is 0 Å². The van der Waals surface area contributed by atoms with Crippen LogP contribution in [0.3, 0.4) is 0 Å². The van der Waals surface area contributed by atoms with Crippen molar-refractivity contribution in [3.05, 3.63) is 0 Å². The lowest BCUT2D eigenvalue weighted by Crippen LogP contribution is -2.53. The SMILES string of the molecule is O=C(C1CCCCC1)N1CCN(C2CCCCCC2)CC1. The lowest BCUT2D eigenvalue weighted by Gasteiger charge is -2.40. The predicted octanol–water partition coefficient (Wildman–Crippen LogP) is 3.43. The molecule has 120 valence electrons. The first-order valence-electron chi connectivity index (χ1n) is 9.37. The van der Waals surface area contributed by atoms with Crippen LogP contribution < -0.4 is 0 Å². The zero-order valence-electron chi connectivity index (χ0n) is 13.6. The van der Waals surface area contributed by atoms with Gasteiger partial charge in [-0.2, -0.15) is 0 Å². The Kier molecular flexibility index (Phi) is 5.56. The van der Waals surface area contributed by atoms with Crippen LogP contribution in [0.4, 0.5) is 0 Å². The normalized spacial score (nSPS) is 27.5. The van der Waals surface area contributed by atoms with E-state index >= 15 is 0 Å². The maximum atomic E-state index is 12.6. The molecule has 3 rings (SSSR count). The summed E-state index contributed by atoms with van der Waals surface area (Å²) in [4.78, 5) is 17.4. The Morgan fingerprint density at radius 2 is 1.19 bits per heavy atom. The average molecular weight is 292 g/mol. The molecule has 0 atom stereocenters. The standard InChI is InChI=1S/C18H32N2O/c21-18(16-8-4-3-5-9-16)20-14-12-19(13-15-20)17-10-6-1-2-7-11-17/h16-17H,1-15H2. The molecule has 0 N–H and O–H groups in total. The molecule has 1 heterocycles. The van der Waals surface area contributed by atoms with Gasteiger partial charge < -0.3 is 4.90 Å². The van der Waals surface area contributed by atoms with E-state index in [4.69, 9.17) is 0 Å². The van der Waals surface area contributed by atoms with Crippen LogP contribution in [-0.2, 0) is 4.79 Å². The van der Waals surface area contributed by atoms with E-state index in [0.29, 0.717) is 11.8 Å². The van der Waals surface area contributed by atoms with Gasteiger partial charge in [-0.3, -0.25) is 9.69 Å². The third kappa shape index (κ3) is 4.00. The lowest BCUT2D eigenvalue weighted by molar-refractivity contribution is -0.138. The van der Waals surface area contributed by atoms with Gasteiger partial charge in [-0.1, -0.05) is 44.9 Å². The highest BCUT2D eigenvalue weighted by Gasteiger charge is 2.30. The largest absolute Gasteiger partial charge is 0.340 e. The van der Waals surface area contributed by atoms with Crippen LogP contribution in [0.15, 0.2) is 0 Å². The molecule has 21 heavy (non-hydrogen) atoms. The number of nitrogens with zero attached hydrogens (tertiary/aromatic N) is 2. The van der Waals surface area contributed by atoms with Crippen molar-refractivity contribution in [3.8, 4) is 0 Å². The molecule has 2 aliphatic carbocycles. The van der Waals surface area contributed by atoms with Crippen molar-refractivity contribution in [1.29, 1.82) is 0 Å². The summed E-state index contributed by atoms with van der Waals surface area (Å²) in [5.74, 6) is 0.818. The molecule has 0 aromatic carbocycles. The van der Waals surface area contributed by atoms with Crippen molar-refractivity contribution < 1.29 is 4.79 Å². The van der Waals surface area contributed by atoms with E-state index in [0.717, 1.165) is 45.1 Å². The average Bonchev–Trinajstić information content (AvgIpc) is 2.84. The minimum atomic E-state index is 0.350. The fourth-order valence-corrected chi connectivity index (χ4v) is 4.54. The summed E-state index contributed by atoms with van der Waals surface area (Å²) < 4.78 is 0. The topological polar surface area (TPSA) is 23.6 Å². The highest BCUT2D eigenvalue weighted by molar-refractivity contribution is 5.79. The smallest absolute Gasteiger partial charge is 0.225 e. The third-order valence-corrected chi connectivity index (χ3v) is 5.92. The van der Waals surface area contributed by atoms with E-state index in [1.807, 2.05) is 0 Å². The zero-order valence-corrected chi connectivity index (χ0v) is 13.6. The first kappa shape index (κ1) is 15.3. The third-order valence-electron chi connectivity index (χ3n) is 5.92. The van der Waals surface area contributed by atoms with Gasteiger partial charge in [0.05, 0.1) is 0 Å². The monoisotopic (exact) mass is 292 g/mol. The van der Waals surface area contributed by atoms with Crippen LogP contribution in [0.5, 0.6) is 0 Å². The van der Waals surface area contributed by atoms with Gasteiger partial charge in [-0.05, 0) is 25.7 Å². The molecule has 0 spiro atoms. The highest BCUT2D eigenvalue weighted by Crippen LogP contribution is 2.27. The Labute approximate surface area is 130 Å². The molecule has 0 unspecified atom stereocenters. The summed E-state index contributed by atoms with van der Waals surface area (Å²) in [5.41, 5.74) is 0. The van der Waals surface area contributed by atoms with Crippen molar-refractivity contribution in [1.82, 2.24) is 9.80 Å². The van der Waals surface area contributed by atoms with E-state index in [-0.39, 0.29) is 0 Å². The summed E-state index contributed by atoms with van der Waals surface area (Å²) in [6.07, 6.45) is 14.6. The lowest BCUT2D eigenvalue weighted by atomic mass is 9.88. The van der Waals surface area contributed by atoms with Gasteiger partial charge in [0.15, 0.2) is 0 Å². The minimum absolute atomic E-state index is 0.350. The number of piperazine rings is 1. The second-order valence-corrected chi connectivity index (χ2v) is 7.34. The first-order valence-corrected chi connectivity index (χ1v) is 9.37. The second-order valence-electron chi connectivity index (χ2n) is 7.34. The molecule has 1 saturated heterocycles. The second kappa shape index (κ2) is 7.62. The molecular weight excluding hydrogens is 260 g/mol. The van der Waals surface area contributed by atoms with Gasteiger partial charge in [-0.25, -0.2) is 0 Å². The zero-order chi connectivity index (χ0) is 14.5. The van der Waals surface area contributed by atoms with E-state index in [9.17, 15) is 4.79 Å². The Morgan fingerprint density at radius 1 is 0.667 bits per heavy atom. The van der Waals surface area contributed by atoms with Crippen LogP contribution in [0, 0.1) is 5.92 Å². The number of hydrogen-bond donors (Lipinski definition) is 0. The van der Waals surface area contributed by atoms with Gasteiger partial charge in [0.1, 0.15) is 0 Å². The van der Waals surface area contributed by atoms with Crippen molar-refractivity contribution in [2.24, 2.45) is 5.92 Å². The predicted molar refractivity (Wildman–Crippen MR) is 86.2 cm³/mol. The Morgan fingerprint density at radius 3 is 1.81 bits per heavy atom. The van der Waals surface area contributed by atoms with Crippen LogP contribution in [0.25, 0.3) is 0 Å². The summed E-state index contributed by atoms with van der Waals surface area (Å²) in [7, 11) is 0. The van der Waals surface area contributed by atoms with Crippen molar-refractivity contribution in [2.45, 2.75) is 76.7 Å². The minimum Gasteiger partial charge on any atom is -0.340 e. The molecule has 0 aromatic heterocycles. The van der Waals surface area contributed by atoms with Crippen LogP contribution in [-0.4, -0.2) is 47.9 Å². The van der Waals surface area contributed by atoms with E-state index < -0.39 is 0 Å². The Hall–Kier alpha value is -0.570. The first-order chi connectivity index (χ1) is 10.3. The summed E-state index contributed by atoms with van der Waals surface area (Å²) in [6.45, 7) is 4.18. The maximum Gasteiger partial charge on any atom is 0.225 e. The molecule has 0 bridgehead atoms. The molecular formula is C18H32N2O. The van der Waals surface area contributed by atoms with Gasteiger partial charge in [-0.15, -0.1) is 0 Å². The fourth-order valence-electron chi connectivity index (χ4n) is 4.54. The van der Waals surface area contributed by atoms with Gasteiger partial charge >= 0.3 is 0 Å². The summed E-state index contributed by atoms with van der Waals surface area (Å²) >= 11 is 0. The number of carbonyl (C=O) groups excluding carboxylic acids is 1. The van der Waals surface area contributed by atoms with Gasteiger partial charge in [0.2, 0.25) is 5.91 Å². The Bertz CT molecular complexity index is 322. The van der Waals surface area contributed by atoms with Gasteiger partial charge in [0.25, 0.3) is 0 Å². The molecule has 3 fully saturated rings. The van der Waals surface area contributed by atoms with Gasteiger partial charge in [0, 0.05) is 38.1 Å². The molecule has 0 aromatic rings.